The third-order valence-corrected chi connectivity index (χ3v) is 3.42. The minimum atomic E-state index is -1.66. The molecule has 7 heteroatoms. The Hall–Kier alpha value is -2.44. The van der Waals surface area contributed by atoms with Gasteiger partial charge in [0.25, 0.3) is 0 Å². The van der Waals surface area contributed by atoms with Gasteiger partial charge in [0.05, 0.1) is 0 Å². The molecule has 126 valence electrons. The van der Waals surface area contributed by atoms with Crippen LogP contribution in [0, 0.1) is 5.82 Å². The van der Waals surface area contributed by atoms with Gasteiger partial charge in [0, 0.05) is 19.4 Å². The van der Waals surface area contributed by atoms with E-state index in [1.54, 1.807) is 6.92 Å². The summed E-state index contributed by atoms with van der Waals surface area (Å²) in [5.74, 6) is -2.38. The van der Waals surface area contributed by atoms with Gasteiger partial charge in [-0.1, -0.05) is 12.1 Å². The number of carbonyl (C=O) groups is 3. The lowest BCUT2D eigenvalue weighted by molar-refractivity contribution is -0.147. The van der Waals surface area contributed by atoms with Gasteiger partial charge in [0.1, 0.15) is 5.82 Å². The molecular formula is C16H21FN2O4. The van der Waals surface area contributed by atoms with Gasteiger partial charge in [-0.15, -0.1) is 0 Å². The van der Waals surface area contributed by atoms with E-state index in [1.165, 1.54) is 19.1 Å². The van der Waals surface area contributed by atoms with Crippen LogP contribution >= 0.6 is 0 Å². The van der Waals surface area contributed by atoms with Gasteiger partial charge in [0.2, 0.25) is 11.8 Å². The maximum atomic E-state index is 13.0. The molecule has 23 heavy (non-hydrogen) atoms. The molecule has 0 saturated heterocycles. The summed E-state index contributed by atoms with van der Waals surface area (Å²) in [4.78, 5) is 34.8. The normalized spacial score (nSPS) is 13.0. The summed E-state index contributed by atoms with van der Waals surface area (Å²) in [6, 6.07) is 4.91. The highest BCUT2D eigenvalue weighted by molar-refractivity contribution is 5.88. The van der Waals surface area contributed by atoms with E-state index < -0.39 is 23.2 Å². The Bertz CT molecular complexity index is 574. The second-order valence-electron chi connectivity index (χ2n) is 5.29. The van der Waals surface area contributed by atoms with Crippen molar-refractivity contribution in [2.75, 3.05) is 6.54 Å². The number of carboxylic acids is 1. The van der Waals surface area contributed by atoms with Crippen molar-refractivity contribution < 1.29 is 23.9 Å². The summed E-state index contributed by atoms with van der Waals surface area (Å²) in [5, 5.41) is 14.5. The Labute approximate surface area is 134 Å². The number of hydrogen-bond acceptors (Lipinski definition) is 3. The molecule has 0 aliphatic heterocycles. The molecule has 6 nitrogen and oxygen atoms in total. The van der Waals surface area contributed by atoms with Crippen LogP contribution in [0.2, 0.25) is 0 Å². The van der Waals surface area contributed by atoms with Crippen molar-refractivity contribution in [2.24, 2.45) is 0 Å². The molecule has 3 N–H and O–H groups in total. The molecule has 1 aromatic carbocycles. The second-order valence-corrected chi connectivity index (χ2v) is 5.29. The van der Waals surface area contributed by atoms with Gasteiger partial charge in [0.15, 0.2) is 5.54 Å². The number of benzene rings is 1. The van der Waals surface area contributed by atoms with Gasteiger partial charge in [-0.2, -0.15) is 0 Å². The number of carbonyl (C=O) groups excluding carboxylic acids is 2. The Morgan fingerprint density at radius 3 is 2.22 bits per heavy atom. The molecule has 2 amide bonds. The second kappa shape index (κ2) is 8.26. The zero-order valence-electron chi connectivity index (χ0n) is 13.2. The van der Waals surface area contributed by atoms with Gasteiger partial charge in [-0.3, -0.25) is 9.59 Å². The van der Waals surface area contributed by atoms with E-state index in [0.29, 0.717) is 13.0 Å². The lowest BCUT2D eigenvalue weighted by Gasteiger charge is -2.26. The van der Waals surface area contributed by atoms with Gasteiger partial charge < -0.3 is 15.7 Å². The summed E-state index contributed by atoms with van der Waals surface area (Å²) in [7, 11) is 0. The van der Waals surface area contributed by atoms with Gasteiger partial charge in [-0.25, -0.2) is 9.18 Å². The molecule has 1 rings (SSSR count). The molecule has 0 aromatic heterocycles. The first kappa shape index (κ1) is 18.6. The van der Waals surface area contributed by atoms with Gasteiger partial charge in [-0.05, 0) is 38.0 Å². The zero-order valence-corrected chi connectivity index (χ0v) is 13.2. The molecule has 0 heterocycles. The van der Waals surface area contributed by atoms with E-state index >= 15 is 0 Å². The maximum absolute atomic E-state index is 13.0. The number of aliphatic carboxylic acids is 1. The molecule has 1 unspecified atom stereocenters. The van der Waals surface area contributed by atoms with Crippen LogP contribution < -0.4 is 10.6 Å². The standard InChI is InChI=1S/C16H21FN2O4/c1-3-18-13(20)5-4-6-14(21)19-16(2,15(22)23)11-7-9-12(17)10-8-11/h7-10H,3-6H2,1-2H3,(H,18,20)(H,19,21)(H,22,23). The number of nitrogens with one attached hydrogen (secondary N) is 2. The number of carboxylic acid groups (broad SMARTS) is 1. The van der Waals surface area contributed by atoms with E-state index in [9.17, 15) is 23.9 Å². The van der Waals surface area contributed by atoms with Crippen LogP contribution in [0.15, 0.2) is 24.3 Å². The fourth-order valence-corrected chi connectivity index (χ4v) is 2.07. The molecule has 0 aliphatic rings. The average Bonchev–Trinajstić information content (AvgIpc) is 2.47. The van der Waals surface area contributed by atoms with E-state index in [2.05, 4.69) is 10.6 Å². The number of amides is 2. The van der Waals surface area contributed by atoms with Crippen LogP contribution in [-0.2, 0) is 19.9 Å². The molecule has 0 aliphatic carbocycles. The highest BCUT2D eigenvalue weighted by Gasteiger charge is 2.36. The lowest BCUT2D eigenvalue weighted by atomic mass is 9.91. The molecular weight excluding hydrogens is 303 g/mol. The van der Waals surface area contributed by atoms with Crippen molar-refractivity contribution >= 4 is 17.8 Å². The van der Waals surface area contributed by atoms with Gasteiger partial charge >= 0.3 is 5.97 Å². The first-order valence-corrected chi connectivity index (χ1v) is 7.36. The SMILES string of the molecule is CCNC(=O)CCCC(=O)NC(C)(C(=O)O)c1ccc(F)cc1. The Morgan fingerprint density at radius 1 is 1.13 bits per heavy atom. The maximum Gasteiger partial charge on any atom is 0.333 e. The first-order chi connectivity index (χ1) is 10.8. The van der Waals surface area contributed by atoms with Crippen molar-refractivity contribution in [3.8, 4) is 0 Å². The summed E-state index contributed by atoms with van der Waals surface area (Å²) >= 11 is 0. The van der Waals surface area contributed by atoms with Crippen molar-refractivity contribution in [2.45, 2.75) is 38.6 Å². The quantitative estimate of drug-likeness (QED) is 0.676. The lowest BCUT2D eigenvalue weighted by Crippen LogP contribution is -2.49. The van der Waals surface area contributed by atoms with Crippen LogP contribution in [0.1, 0.15) is 38.7 Å². The predicted octanol–water partition coefficient (Wildman–Crippen LogP) is 1.55. The molecule has 0 radical (unpaired) electrons. The van der Waals surface area contributed by atoms with Crippen LogP contribution in [0.4, 0.5) is 4.39 Å². The third kappa shape index (κ3) is 5.36. The monoisotopic (exact) mass is 324 g/mol. The largest absolute Gasteiger partial charge is 0.479 e. The van der Waals surface area contributed by atoms with E-state index in [1.807, 2.05) is 0 Å². The Morgan fingerprint density at radius 2 is 1.70 bits per heavy atom. The summed E-state index contributed by atoms with van der Waals surface area (Å²) in [5.41, 5.74) is -1.39. The highest BCUT2D eigenvalue weighted by atomic mass is 19.1. The fraction of sp³-hybridized carbons (Fsp3) is 0.438. The van der Waals surface area contributed by atoms with Crippen LogP contribution in [0.3, 0.4) is 0 Å². The van der Waals surface area contributed by atoms with E-state index in [0.717, 1.165) is 12.1 Å². The molecule has 0 spiro atoms. The number of hydrogen-bond donors (Lipinski definition) is 3. The molecule has 0 fully saturated rings. The minimum Gasteiger partial charge on any atom is -0.479 e. The topological polar surface area (TPSA) is 95.5 Å². The van der Waals surface area contributed by atoms with Crippen LogP contribution in [-0.4, -0.2) is 29.4 Å². The van der Waals surface area contributed by atoms with Crippen LogP contribution in [0.5, 0.6) is 0 Å². The molecule has 0 saturated carbocycles. The first-order valence-electron chi connectivity index (χ1n) is 7.36. The van der Waals surface area contributed by atoms with Crippen LogP contribution in [0.25, 0.3) is 0 Å². The zero-order chi connectivity index (χ0) is 17.5. The molecule has 0 bridgehead atoms. The predicted molar refractivity (Wildman–Crippen MR) is 82.1 cm³/mol. The minimum absolute atomic E-state index is 0.0290. The molecule has 1 aromatic rings. The fourth-order valence-electron chi connectivity index (χ4n) is 2.07. The van der Waals surface area contributed by atoms with Crippen molar-refractivity contribution in [1.29, 1.82) is 0 Å². The summed E-state index contributed by atoms with van der Waals surface area (Å²) < 4.78 is 13.0. The Balaban J connectivity index is 2.68. The van der Waals surface area contributed by atoms with E-state index in [-0.39, 0.29) is 24.3 Å². The third-order valence-electron chi connectivity index (χ3n) is 3.42. The smallest absolute Gasteiger partial charge is 0.333 e. The summed E-state index contributed by atoms with van der Waals surface area (Å²) in [6.07, 6.45) is 0.541. The molecule has 1 atom stereocenters. The van der Waals surface area contributed by atoms with Crippen molar-refractivity contribution in [1.82, 2.24) is 10.6 Å². The van der Waals surface area contributed by atoms with Crippen molar-refractivity contribution in [3.63, 3.8) is 0 Å². The number of rotatable bonds is 8. The summed E-state index contributed by atoms with van der Waals surface area (Å²) in [6.45, 7) is 3.66. The van der Waals surface area contributed by atoms with E-state index in [4.69, 9.17) is 0 Å². The number of halogens is 1. The highest BCUT2D eigenvalue weighted by Crippen LogP contribution is 2.22. The van der Waals surface area contributed by atoms with Crippen molar-refractivity contribution in [3.05, 3.63) is 35.6 Å². The Kier molecular flexibility index (Phi) is 6.68. The average molecular weight is 324 g/mol.